The van der Waals surface area contributed by atoms with Crippen LogP contribution in [0.5, 0.6) is 0 Å². The van der Waals surface area contributed by atoms with E-state index in [2.05, 4.69) is 10.6 Å². The van der Waals surface area contributed by atoms with Crippen LogP contribution in [0, 0.1) is 0 Å². The largest absolute Gasteiger partial charge is 0.481 e. The monoisotopic (exact) mass is 320 g/mol. The van der Waals surface area contributed by atoms with Gasteiger partial charge in [0.25, 0.3) is 0 Å². The Balaban J connectivity index is -0.000000150. The van der Waals surface area contributed by atoms with Crippen LogP contribution in [0.2, 0.25) is 0 Å². The van der Waals surface area contributed by atoms with E-state index in [0.29, 0.717) is 25.6 Å². The standard InChI is InChI=1S/C9H18N2O2.C3H6O2.2C2H6/c1-7(2)11-6-9(13)10-5-4-8(3)12;1-2-3(4)5;2*1-2/h7,11H,4-6H2,1-3H3,(H,10,13);2H2,1H3,(H,4,5);2*1-2H3. The molecule has 0 aromatic carbocycles. The van der Waals surface area contributed by atoms with E-state index in [-0.39, 0.29) is 18.1 Å². The lowest BCUT2D eigenvalue weighted by atomic mass is 10.3. The molecule has 22 heavy (non-hydrogen) atoms. The van der Waals surface area contributed by atoms with Crippen molar-refractivity contribution in [3.8, 4) is 0 Å². The fraction of sp³-hybridized carbons (Fsp3) is 0.812. The van der Waals surface area contributed by atoms with Gasteiger partial charge in [0.2, 0.25) is 5.91 Å². The molecule has 0 rings (SSSR count). The Morgan fingerprint density at radius 2 is 1.45 bits per heavy atom. The third-order valence-corrected chi connectivity index (χ3v) is 1.77. The molecule has 6 nitrogen and oxygen atoms in total. The minimum atomic E-state index is -0.745. The third kappa shape index (κ3) is 42.8. The molecule has 0 aromatic heterocycles. The molecule has 0 aliphatic heterocycles. The van der Waals surface area contributed by atoms with Crippen LogP contribution >= 0.6 is 0 Å². The Labute approximate surface area is 136 Å². The van der Waals surface area contributed by atoms with Crippen LogP contribution in [0.15, 0.2) is 0 Å². The molecule has 0 aromatic rings. The zero-order valence-corrected chi connectivity index (χ0v) is 15.6. The summed E-state index contributed by atoms with van der Waals surface area (Å²) >= 11 is 0. The lowest BCUT2D eigenvalue weighted by Crippen LogP contribution is -2.37. The molecule has 0 aliphatic carbocycles. The van der Waals surface area contributed by atoms with Crippen molar-refractivity contribution >= 4 is 17.7 Å². The molecule has 0 radical (unpaired) electrons. The van der Waals surface area contributed by atoms with Crippen LogP contribution < -0.4 is 10.6 Å². The van der Waals surface area contributed by atoms with Gasteiger partial charge in [-0.15, -0.1) is 0 Å². The number of Topliss-reactive ketones (excluding diaryl/α,β-unsaturated/α-hetero) is 1. The van der Waals surface area contributed by atoms with Gasteiger partial charge in [-0.05, 0) is 6.92 Å². The number of nitrogens with one attached hydrogen (secondary N) is 2. The number of carboxylic acid groups (broad SMARTS) is 1. The van der Waals surface area contributed by atoms with Gasteiger partial charge in [-0.2, -0.15) is 0 Å². The molecule has 0 heterocycles. The van der Waals surface area contributed by atoms with Gasteiger partial charge < -0.3 is 15.7 Å². The smallest absolute Gasteiger partial charge is 0.303 e. The minimum Gasteiger partial charge on any atom is -0.481 e. The van der Waals surface area contributed by atoms with Gasteiger partial charge in [-0.1, -0.05) is 48.5 Å². The average Bonchev–Trinajstić information content (AvgIpc) is 2.49. The zero-order chi connectivity index (χ0) is 18.6. The highest BCUT2D eigenvalue weighted by Gasteiger charge is 2.01. The number of carbonyl (C=O) groups is 3. The Bertz CT molecular complexity index is 267. The van der Waals surface area contributed by atoms with Gasteiger partial charge in [-0.3, -0.25) is 14.4 Å². The van der Waals surface area contributed by atoms with Crippen LogP contribution in [0.4, 0.5) is 0 Å². The molecule has 0 fully saturated rings. The van der Waals surface area contributed by atoms with Gasteiger partial charge in [0.05, 0.1) is 6.54 Å². The van der Waals surface area contributed by atoms with Crippen molar-refractivity contribution in [3.63, 3.8) is 0 Å². The van der Waals surface area contributed by atoms with Crippen LogP contribution in [0.25, 0.3) is 0 Å². The lowest BCUT2D eigenvalue weighted by molar-refractivity contribution is -0.136. The van der Waals surface area contributed by atoms with E-state index in [0.717, 1.165) is 0 Å². The Hall–Kier alpha value is -1.43. The SMILES string of the molecule is CC.CC.CC(=O)CCNC(=O)CNC(C)C.CCC(=O)O. The first-order chi connectivity index (χ1) is 10.3. The highest BCUT2D eigenvalue weighted by atomic mass is 16.4. The van der Waals surface area contributed by atoms with E-state index in [4.69, 9.17) is 5.11 Å². The van der Waals surface area contributed by atoms with Gasteiger partial charge in [0.1, 0.15) is 5.78 Å². The molecule has 0 aliphatic rings. The number of aliphatic carboxylic acids is 1. The summed E-state index contributed by atoms with van der Waals surface area (Å²) in [5.41, 5.74) is 0. The number of carboxylic acids is 1. The predicted molar refractivity (Wildman–Crippen MR) is 92.1 cm³/mol. The number of hydrogen-bond acceptors (Lipinski definition) is 4. The van der Waals surface area contributed by atoms with E-state index in [9.17, 15) is 14.4 Å². The van der Waals surface area contributed by atoms with Crippen molar-refractivity contribution < 1.29 is 19.5 Å². The van der Waals surface area contributed by atoms with Crippen molar-refractivity contribution in [2.24, 2.45) is 0 Å². The molecule has 0 spiro atoms. The third-order valence-electron chi connectivity index (χ3n) is 1.77. The van der Waals surface area contributed by atoms with E-state index in [1.807, 2.05) is 41.5 Å². The zero-order valence-electron chi connectivity index (χ0n) is 15.6. The van der Waals surface area contributed by atoms with Crippen LogP contribution in [0.1, 0.15) is 68.2 Å². The summed E-state index contributed by atoms with van der Waals surface area (Å²) in [4.78, 5) is 30.9. The normalized spacial score (nSPS) is 8.23. The molecule has 0 saturated heterocycles. The van der Waals surface area contributed by atoms with Crippen molar-refractivity contribution in [1.29, 1.82) is 0 Å². The number of amides is 1. The number of hydrogen-bond donors (Lipinski definition) is 3. The average molecular weight is 320 g/mol. The molecule has 134 valence electrons. The van der Waals surface area contributed by atoms with Crippen LogP contribution in [-0.4, -0.2) is 41.9 Å². The molecular weight excluding hydrogens is 284 g/mol. The molecule has 6 heteroatoms. The van der Waals surface area contributed by atoms with Gasteiger partial charge in [0, 0.05) is 25.4 Å². The van der Waals surface area contributed by atoms with Crippen LogP contribution in [0.3, 0.4) is 0 Å². The Morgan fingerprint density at radius 3 is 1.73 bits per heavy atom. The first-order valence-electron chi connectivity index (χ1n) is 8.00. The van der Waals surface area contributed by atoms with E-state index in [1.165, 1.54) is 6.92 Å². The summed E-state index contributed by atoms with van der Waals surface area (Å²) in [6, 6.07) is 0.304. The Kier molecular flexibility index (Phi) is 32.1. The van der Waals surface area contributed by atoms with Crippen molar-refractivity contribution in [3.05, 3.63) is 0 Å². The molecule has 0 atom stereocenters. The number of ketones is 1. The maximum atomic E-state index is 11.0. The molecule has 0 unspecified atom stereocenters. The fourth-order valence-corrected chi connectivity index (χ4v) is 0.737. The Morgan fingerprint density at radius 1 is 1.05 bits per heavy atom. The highest BCUT2D eigenvalue weighted by Crippen LogP contribution is 1.79. The summed E-state index contributed by atoms with van der Waals surface area (Å²) in [6.07, 6.45) is 0.632. The summed E-state index contributed by atoms with van der Waals surface area (Å²) in [7, 11) is 0. The molecule has 3 N–H and O–H groups in total. The summed E-state index contributed by atoms with van der Waals surface area (Å²) in [5.74, 6) is -0.711. The maximum Gasteiger partial charge on any atom is 0.303 e. The second-order valence-electron chi connectivity index (χ2n) is 4.08. The van der Waals surface area contributed by atoms with E-state index < -0.39 is 5.97 Å². The van der Waals surface area contributed by atoms with Crippen molar-refractivity contribution in [2.75, 3.05) is 13.1 Å². The predicted octanol–water partition coefficient (Wildman–Crippen LogP) is 2.61. The number of rotatable bonds is 7. The quantitative estimate of drug-likeness (QED) is 0.670. The lowest BCUT2D eigenvalue weighted by Gasteiger charge is -2.07. The summed E-state index contributed by atoms with van der Waals surface area (Å²) < 4.78 is 0. The van der Waals surface area contributed by atoms with Crippen molar-refractivity contribution in [1.82, 2.24) is 10.6 Å². The first kappa shape index (κ1) is 28.7. The van der Waals surface area contributed by atoms with Gasteiger partial charge >= 0.3 is 5.97 Å². The second kappa shape index (κ2) is 24.6. The molecular formula is C16H36N2O4. The first-order valence-corrected chi connectivity index (χ1v) is 8.00. The topological polar surface area (TPSA) is 95.5 Å². The fourth-order valence-electron chi connectivity index (χ4n) is 0.737. The second-order valence-corrected chi connectivity index (χ2v) is 4.08. The molecule has 0 bridgehead atoms. The van der Waals surface area contributed by atoms with Crippen molar-refractivity contribution in [2.45, 2.75) is 74.3 Å². The minimum absolute atomic E-state index is 0.0602. The maximum absolute atomic E-state index is 11.0. The van der Waals surface area contributed by atoms with Gasteiger partial charge in [0.15, 0.2) is 0 Å². The summed E-state index contributed by atoms with van der Waals surface area (Å²) in [5, 5.41) is 13.4. The van der Waals surface area contributed by atoms with Crippen LogP contribution in [-0.2, 0) is 14.4 Å². The van der Waals surface area contributed by atoms with E-state index in [1.54, 1.807) is 6.92 Å². The summed E-state index contributed by atoms with van der Waals surface area (Å²) in [6.45, 7) is 15.8. The molecule has 1 amide bonds. The molecule has 0 saturated carbocycles. The van der Waals surface area contributed by atoms with Gasteiger partial charge in [-0.25, -0.2) is 0 Å². The van der Waals surface area contributed by atoms with E-state index >= 15 is 0 Å². The number of carbonyl (C=O) groups excluding carboxylic acids is 2. The highest BCUT2D eigenvalue weighted by molar-refractivity contribution is 5.79.